The number of hydrogen-bond donors (Lipinski definition) is 8. The molecule has 0 heterocycles. The van der Waals surface area contributed by atoms with Crippen LogP contribution in [0.3, 0.4) is 0 Å². The fourth-order valence-corrected chi connectivity index (χ4v) is 0. The predicted octanol–water partition coefficient (Wildman–Crippen LogP) is -2.20. The van der Waals surface area contributed by atoms with Gasteiger partial charge in [0.05, 0.1) is 0 Å². The Kier molecular flexibility index (Phi) is 36.7. The van der Waals surface area contributed by atoms with Crippen LogP contribution < -0.4 is 0 Å². The van der Waals surface area contributed by atoms with Gasteiger partial charge in [-0.25, -0.2) is 19.2 Å². The molecule has 12 nitrogen and oxygen atoms in total. The molecule has 0 aliphatic carbocycles. The van der Waals surface area contributed by atoms with Gasteiger partial charge in [0.15, 0.2) is 0 Å². The molecule has 0 aromatic carbocycles. The molecule has 0 bridgehead atoms. The van der Waals surface area contributed by atoms with Crippen molar-refractivity contribution in [2.24, 2.45) is 0 Å². The Morgan fingerprint density at radius 3 is 0.500 bits per heavy atom. The summed E-state index contributed by atoms with van der Waals surface area (Å²) in [7, 11) is 0. The summed E-state index contributed by atoms with van der Waals surface area (Å²) in [5.74, 6) is -4.74. The Labute approximate surface area is 175 Å². The van der Waals surface area contributed by atoms with Crippen molar-refractivity contribution in [3.05, 3.63) is 0 Å². The summed E-state index contributed by atoms with van der Waals surface area (Å²) in [6.07, 6.45) is -4.93. The molecule has 0 fully saturated rings. The molecule has 0 aromatic heterocycles. The van der Waals surface area contributed by atoms with E-state index in [1.807, 2.05) is 0 Å². The Bertz CT molecular complexity index is 310. The van der Waals surface area contributed by atoms with Crippen molar-refractivity contribution in [3.63, 3.8) is 0 Å². The monoisotopic (exact) mass is 488 g/mol. The zero-order valence-electron chi connectivity index (χ0n) is 14.9. The van der Waals surface area contributed by atoms with Gasteiger partial charge in [-0.2, -0.15) is 0 Å². The third-order valence-electron chi connectivity index (χ3n) is 1.43. The fourth-order valence-electron chi connectivity index (χ4n) is 0. The first kappa shape index (κ1) is 39.9. The van der Waals surface area contributed by atoms with E-state index in [0.717, 1.165) is 0 Å². The summed E-state index contributed by atoms with van der Waals surface area (Å²) >= 11 is 0. The van der Waals surface area contributed by atoms with Gasteiger partial charge in [-0.1, -0.05) is 0 Å². The second kappa shape index (κ2) is 24.0. The van der Waals surface area contributed by atoms with E-state index in [1.165, 1.54) is 27.7 Å². The Morgan fingerprint density at radius 1 is 0.462 bits per heavy atom. The van der Waals surface area contributed by atoms with Gasteiger partial charge in [0.2, 0.25) is 0 Å². The standard InChI is InChI=1S/4C3H6O3.2Zn/c4*1-2(4)3(5)6;;/h4*2,4H,1H3,(H,5,6);;. The molecule has 8 N–H and O–H groups in total. The normalized spacial score (nSPS) is 12.6. The van der Waals surface area contributed by atoms with Crippen LogP contribution in [0.2, 0.25) is 0 Å². The van der Waals surface area contributed by atoms with Crippen LogP contribution in [0.1, 0.15) is 27.7 Å². The zero-order valence-corrected chi connectivity index (χ0v) is 20.9. The average Bonchev–Trinajstić information content (AvgIpc) is 2.40. The molecule has 26 heavy (non-hydrogen) atoms. The van der Waals surface area contributed by atoms with E-state index in [0.29, 0.717) is 0 Å². The minimum atomic E-state index is -1.23. The van der Waals surface area contributed by atoms with E-state index < -0.39 is 48.3 Å². The Hall–Kier alpha value is -1.03. The summed E-state index contributed by atoms with van der Waals surface area (Å²) in [5.41, 5.74) is 0. The minimum absolute atomic E-state index is 0. The quantitative estimate of drug-likeness (QED) is 0.196. The molecule has 0 aromatic rings. The van der Waals surface area contributed by atoms with Gasteiger partial charge in [0.1, 0.15) is 24.4 Å². The third-order valence-corrected chi connectivity index (χ3v) is 1.43. The SMILES string of the molecule is CC(O)C(=O)O.CC(O)C(=O)O.CC(O)C(=O)O.CC(O)C(=O)O.[Zn].[Zn]. The van der Waals surface area contributed by atoms with E-state index in [-0.39, 0.29) is 39.0 Å². The van der Waals surface area contributed by atoms with Crippen LogP contribution in [-0.4, -0.2) is 89.1 Å². The van der Waals surface area contributed by atoms with Gasteiger partial charge in [-0.3, -0.25) is 0 Å². The van der Waals surface area contributed by atoms with Crippen molar-refractivity contribution in [2.45, 2.75) is 52.1 Å². The van der Waals surface area contributed by atoms with Crippen LogP contribution >= 0.6 is 0 Å². The summed E-state index contributed by atoms with van der Waals surface area (Å²) in [6.45, 7) is 4.79. The van der Waals surface area contributed by atoms with Crippen LogP contribution in [0, 0.1) is 0 Å². The second-order valence-electron chi connectivity index (χ2n) is 4.06. The molecule has 0 aliphatic rings. The molecule has 4 unspecified atom stereocenters. The summed E-state index contributed by atoms with van der Waals surface area (Å²) < 4.78 is 0. The molecule has 0 aliphatic heterocycles. The number of carboxylic acids is 4. The molecule has 0 amide bonds. The van der Waals surface area contributed by atoms with Crippen molar-refractivity contribution >= 4 is 23.9 Å². The summed E-state index contributed by atoms with van der Waals surface area (Å²) in [4.78, 5) is 37.8. The van der Waals surface area contributed by atoms with Crippen molar-refractivity contribution in [1.82, 2.24) is 0 Å². The summed E-state index contributed by atoms with van der Waals surface area (Å²) in [5, 5.41) is 63.1. The van der Waals surface area contributed by atoms with Crippen molar-refractivity contribution in [3.8, 4) is 0 Å². The minimum Gasteiger partial charge on any atom is -0.479 e. The van der Waals surface area contributed by atoms with E-state index in [1.54, 1.807) is 0 Å². The number of aliphatic hydroxyl groups is 4. The molecule has 4 atom stereocenters. The van der Waals surface area contributed by atoms with Crippen LogP contribution in [0.4, 0.5) is 0 Å². The molecular weight excluding hydrogens is 467 g/mol. The molecule has 148 valence electrons. The van der Waals surface area contributed by atoms with Crippen LogP contribution in [0.15, 0.2) is 0 Å². The van der Waals surface area contributed by atoms with Gasteiger partial charge in [0, 0.05) is 39.0 Å². The summed E-state index contributed by atoms with van der Waals surface area (Å²) in [6, 6.07) is 0. The molecule has 0 spiro atoms. The number of carbonyl (C=O) groups is 4. The average molecular weight is 491 g/mol. The van der Waals surface area contributed by atoms with Gasteiger partial charge in [0.25, 0.3) is 0 Å². The number of carboxylic acid groups (broad SMARTS) is 4. The molecule has 0 radical (unpaired) electrons. The predicted molar refractivity (Wildman–Crippen MR) is 77.3 cm³/mol. The first-order valence-electron chi connectivity index (χ1n) is 6.21. The number of aliphatic carboxylic acids is 4. The topological polar surface area (TPSA) is 230 Å². The Morgan fingerprint density at radius 2 is 0.500 bits per heavy atom. The molecule has 0 saturated heterocycles. The molecule has 0 saturated carbocycles. The second-order valence-corrected chi connectivity index (χ2v) is 4.06. The van der Waals surface area contributed by atoms with Crippen molar-refractivity contribution in [2.75, 3.05) is 0 Å². The van der Waals surface area contributed by atoms with Crippen molar-refractivity contribution in [1.29, 1.82) is 0 Å². The maximum atomic E-state index is 9.45. The van der Waals surface area contributed by atoms with E-state index in [4.69, 9.17) is 40.9 Å². The maximum absolute atomic E-state index is 9.45. The van der Waals surface area contributed by atoms with E-state index in [9.17, 15) is 19.2 Å². The van der Waals surface area contributed by atoms with E-state index >= 15 is 0 Å². The maximum Gasteiger partial charge on any atom is 0.332 e. The first-order valence-corrected chi connectivity index (χ1v) is 6.21. The van der Waals surface area contributed by atoms with Gasteiger partial charge in [-0.15, -0.1) is 0 Å². The molecular formula is C12H24O12Zn2. The molecule has 14 heteroatoms. The van der Waals surface area contributed by atoms with Crippen LogP contribution in [0.5, 0.6) is 0 Å². The Balaban J connectivity index is -0.0000000500. The fraction of sp³-hybridized carbons (Fsp3) is 0.667. The number of rotatable bonds is 4. The van der Waals surface area contributed by atoms with Gasteiger partial charge in [-0.05, 0) is 27.7 Å². The number of hydrogen-bond acceptors (Lipinski definition) is 8. The van der Waals surface area contributed by atoms with E-state index in [2.05, 4.69) is 0 Å². The largest absolute Gasteiger partial charge is 0.479 e. The zero-order chi connectivity index (χ0) is 20.6. The van der Waals surface area contributed by atoms with Gasteiger partial charge >= 0.3 is 23.9 Å². The first-order chi connectivity index (χ1) is 10.6. The smallest absolute Gasteiger partial charge is 0.332 e. The van der Waals surface area contributed by atoms with Crippen LogP contribution in [0.25, 0.3) is 0 Å². The third kappa shape index (κ3) is 49.5. The van der Waals surface area contributed by atoms with Gasteiger partial charge < -0.3 is 40.9 Å². The van der Waals surface area contributed by atoms with Crippen molar-refractivity contribution < 1.29 is 99.0 Å². The number of aliphatic hydroxyl groups excluding tert-OH is 4. The van der Waals surface area contributed by atoms with Crippen LogP contribution in [-0.2, 0) is 58.1 Å². The molecule has 0 rings (SSSR count).